The van der Waals surface area contributed by atoms with Gasteiger partial charge in [-0.1, -0.05) is 70.2 Å². The van der Waals surface area contributed by atoms with Gasteiger partial charge in [-0.2, -0.15) is 0 Å². The Morgan fingerprint density at radius 1 is 0.767 bits per heavy atom. The smallest absolute Gasteiger partial charge is 0.341 e. The Labute approximate surface area is 181 Å². The Kier molecular flexibility index (Phi) is 10.4. The molecule has 0 atom stereocenters. The molecule has 2 aromatic carbocycles. The number of hydrogen-bond acceptors (Lipinski definition) is 5. The fourth-order valence-electron chi connectivity index (χ4n) is 3.40. The molecule has 0 aliphatic rings. The van der Waals surface area contributed by atoms with E-state index in [0.717, 1.165) is 50.4 Å². The zero-order valence-corrected chi connectivity index (χ0v) is 18.9. The van der Waals surface area contributed by atoms with Gasteiger partial charge in [-0.3, -0.25) is 0 Å². The first-order valence-electron chi connectivity index (χ1n) is 11.1. The molecule has 30 heavy (non-hydrogen) atoms. The summed E-state index contributed by atoms with van der Waals surface area (Å²) in [5.41, 5.74) is 2.41. The van der Waals surface area contributed by atoms with Gasteiger partial charge >= 0.3 is 5.97 Å². The van der Waals surface area contributed by atoms with Gasteiger partial charge in [0, 0.05) is 18.7 Å². The molecule has 5 heteroatoms. The van der Waals surface area contributed by atoms with Crippen LogP contribution in [0.4, 0.5) is 0 Å². The van der Waals surface area contributed by atoms with E-state index in [1.165, 1.54) is 0 Å². The lowest BCUT2D eigenvalue weighted by atomic mass is 10.0. The van der Waals surface area contributed by atoms with Crippen molar-refractivity contribution in [2.75, 3.05) is 52.5 Å². The molecule has 5 nitrogen and oxygen atoms in total. The number of likely N-dealkylation sites (N-methyl/N-ethyl adjacent to an activating group) is 2. The molecule has 0 saturated carbocycles. The zero-order valence-electron chi connectivity index (χ0n) is 18.9. The second-order valence-electron chi connectivity index (χ2n) is 7.09. The largest absolute Gasteiger partial charge is 0.491 e. The Morgan fingerprint density at radius 3 is 1.97 bits per heavy atom. The Bertz CT molecular complexity index is 756. The summed E-state index contributed by atoms with van der Waals surface area (Å²) in [7, 11) is 0. The first-order valence-corrected chi connectivity index (χ1v) is 11.1. The minimum Gasteiger partial charge on any atom is -0.491 e. The van der Waals surface area contributed by atoms with Gasteiger partial charge in [-0.25, -0.2) is 4.79 Å². The van der Waals surface area contributed by atoms with Crippen molar-refractivity contribution in [2.24, 2.45) is 0 Å². The van der Waals surface area contributed by atoms with E-state index in [1.807, 2.05) is 42.5 Å². The van der Waals surface area contributed by atoms with Gasteiger partial charge in [0.2, 0.25) is 0 Å². The SMILES string of the molecule is CCN(CC)CCOC(=O)c1cccc(-c2ccccc2)c1OCCN(CC)CC. The maximum absolute atomic E-state index is 12.9. The second-order valence-corrected chi connectivity index (χ2v) is 7.09. The average molecular weight is 413 g/mol. The van der Waals surface area contributed by atoms with E-state index in [-0.39, 0.29) is 5.97 Å². The van der Waals surface area contributed by atoms with Crippen LogP contribution in [0.5, 0.6) is 5.75 Å². The molecule has 0 unspecified atom stereocenters. The summed E-state index contributed by atoms with van der Waals surface area (Å²) < 4.78 is 11.8. The van der Waals surface area contributed by atoms with Crippen LogP contribution in [0.15, 0.2) is 48.5 Å². The van der Waals surface area contributed by atoms with Crippen LogP contribution in [0.1, 0.15) is 38.1 Å². The number of nitrogens with zero attached hydrogens (tertiary/aromatic N) is 2. The summed E-state index contributed by atoms with van der Waals surface area (Å²) in [6.07, 6.45) is 0. The Morgan fingerprint density at radius 2 is 1.37 bits per heavy atom. The molecule has 0 N–H and O–H groups in total. The molecule has 2 rings (SSSR count). The summed E-state index contributed by atoms with van der Waals surface area (Å²) in [4.78, 5) is 17.4. The summed E-state index contributed by atoms with van der Waals surface area (Å²) >= 11 is 0. The number of benzene rings is 2. The topological polar surface area (TPSA) is 42.0 Å². The minimum absolute atomic E-state index is 0.335. The molecule has 0 radical (unpaired) electrons. The van der Waals surface area contributed by atoms with E-state index in [4.69, 9.17) is 9.47 Å². The van der Waals surface area contributed by atoms with Crippen LogP contribution < -0.4 is 4.74 Å². The highest BCUT2D eigenvalue weighted by Gasteiger charge is 2.19. The number of carbonyl (C=O) groups is 1. The summed E-state index contributed by atoms with van der Waals surface area (Å²) in [6.45, 7) is 14.8. The number of para-hydroxylation sites is 1. The van der Waals surface area contributed by atoms with E-state index in [1.54, 1.807) is 6.07 Å². The summed E-state index contributed by atoms with van der Waals surface area (Å²) in [5.74, 6) is 0.265. The van der Waals surface area contributed by atoms with Crippen LogP contribution in [0.25, 0.3) is 11.1 Å². The highest BCUT2D eigenvalue weighted by molar-refractivity contribution is 5.95. The van der Waals surface area contributed by atoms with Crippen LogP contribution in [0, 0.1) is 0 Å². The number of hydrogen-bond donors (Lipinski definition) is 0. The molecule has 2 aromatic rings. The van der Waals surface area contributed by atoms with Crippen molar-refractivity contribution in [3.63, 3.8) is 0 Å². The van der Waals surface area contributed by atoms with Crippen molar-refractivity contribution < 1.29 is 14.3 Å². The molecular formula is C25H36N2O3. The maximum Gasteiger partial charge on any atom is 0.341 e. The van der Waals surface area contributed by atoms with Crippen LogP contribution in [0.2, 0.25) is 0 Å². The summed E-state index contributed by atoms with van der Waals surface area (Å²) in [6, 6.07) is 15.7. The standard InChI is InChI=1S/C25H36N2O3/c1-5-26(6-2)17-19-29-24-22(21-13-10-9-11-14-21)15-12-16-23(24)25(28)30-20-18-27(7-3)8-4/h9-16H,5-8,17-20H2,1-4H3. The molecule has 0 spiro atoms. The third-order valence-corrected chi connectivity index (χ3v) is 5.40. The lowest BCUT2D eigenvalue weighted by Gasteiger charge is -2.21. The quantitative estimate of drug-likeness (QED) is 0.451. The predicted octanol–water partition coefficient (Wildman–Crippen LogP) is 4.57. The molecule has 0 bridgehead atoms. The first kappa shape index (κ1) is 23.9. The molecule has 0 aliphatic heterocycles. The number of ether oxygens (including phenoxy) is 2. The minimum atomic E-state index is -0.335. The van der Waals surface area contributed by atoms with Gasteiger partial charge in [0.15, 0.2) is 0 Å². The van der Waals surface area contributed by atoms with E-state index >= 15 is 0 Å². The highest BCUT2D eigenvalue weighted by Crippen LogP contribution is 2.33. The lowest BCUT2D eigenvalue weighted by Crippen LogP contribution is -2.28. The van der Waals surface area contributed by atoms with Gasteiger partial charge in [-0.05, 0) is 37.8 Å². The van der Waals surface area contributed by atoms with Gasteiger partial charge in [0.25, 0.3) is 0 Å². The zero-order chi connectivity index (χ0) is 21.8. The average Bonchev–Trinajstić information content (AvgIpc) is 2.80. The van der Waals surface area contributed by atoms with E-state index in [0.29, 0.717) is 24.5 Å². The van der Waals surface area contributed by atoms with Gasteiger partial charge < -0.3 is 19.3 Å². The number of carbonyl (C=O) groups excluding carboxylic acids is 1. The normalized spacial score (nSPS) is 11.1. The number of esters is 1. The number of rotatable bonds is 13. The lowest BCUT2D eigenvalue weighted by molar-refractivity contribution is 0.0461. The van der Waals surface area contributed by atoms with Crippen molar-refractivity contribution in [1.29, 1.82) is 0 Å². The molecule has 0 saturated heterocycles. The van der Waals surface area contributed by atoms with Crippen LogP contribution >= 0.6 is 0 Å². The van der Waals surface area contributed by atoms with Crippen LogP contribution in [-0.4, -0.2) is 68.3 Å². The van der Waals surface area contributed by atoms with Gasteiger partial charge in [0.05, 0.1) is 0 Å². The predicted molar refractivity (Wildman–Crippen MR) is 123 cm³/mol. The summed E-state index contributed by atoms with van der Waals surface area (Å²) in [5, 5.41) is 0. The van der Waals surface area contributed by atoms with Crippen molar-refractivity contribution in [3.05, 3.63) is 54.1 Å². The molecule has 164 valence electrons. The van der Waals surface area contributed by atoms with E-state index in [2.05, 4.69) is 37.5 Å². The highest BCUT2D eigenvalue weighted by atomic mass is 16.5. The molecule has 0 fully saturated rings. The van der Waals surface area contributed by atoms with Crippen molar-refractivity contribution in [2.45, 2.75) is 27.7 Å². The Hall–Kier alpha value is -2.37. The van der Waals surface area contributed by atoms with Crippen LogP contribution in [0.3, 0.4) is 0 Å². The van der Waals surface area contributed by atoms with Crippen molar-refractivity contribution in [3.8, 4) is 16.9 Å². The van der Waals surface area contributed by atoms with Gasteiger partial charge in [0.1, 0.15) is 24.5 Å². The molecule has 0 aliphatic carbocycles. The molecular weight excluding hydrogens is 376 g/mol. The van der Waals surface area contributed by atoms with Gasteiger partial charge in [-0.15, -0.1) is 0 Å². The Balaban J connectivity index is 2.22. The fourth-order valence-corrected chi connectivity index (χ4v) is 3.40. The first-order chi connectivity index (χ1) is 14.6. The third kappa shape index (κ3) is 6.85. The van der Waals surface area contributed by atoms with E-state index < -0.39 is 0 Å². The second kappa shape index (κ2) is 13.0. The molecule has 0 amide bonds. The third-order valence-electron chi connectivity index (χ3n) is 5.40. The van der Waals surface area contributed by atoms with Crippen molar-refractivity contribution in [1.82, 2.24) is 9.80 Å². The monoisotopic (exact) mass is 412 g/mol. The maximum atomic E-state index is 12.9. The van der Waals surface area contributed by atoms with E-state index in [9.17, 15) is 4.79 Å². The van der Waals surface area contributed by atoms with Crippen molar-refractivity contribution >= 4 is 5.97 Å². The van der Waals surface area contributed by atoms with Crippen LogP contribution in [-0.2, 0) is 4.74 Å². The molecule has 0 aromatic heterocycles. The molecule has 0 heterocycles. The fraction of sp³-hybridized carbons (Fsp3) is 0.480.